The van der Waals surface area contributed by atoms with E-state index in [4.69, 9.17) is 9.47 Å². The van der Waals surface area contributed by atoms with Gasteiger partial charge in [0.2, 0.25) is 0 Å². The van der Waals surface area contributed by atoms with Gasteiger partial charge in [0.15, 0.2) is 17.3 Å². The molecule has 0 radical (unpaired) electrons. The molecule has 0 bridgehead atoms. The zero-order valence-electron chi connectivity index (χ0n) is 12.8. The van der Waals surface area contributed by atoms with Gasteiger partial charge in [-0.25, -0.2) is 0 Å². The van der Waals surface area contributed by atoms with E-state index in [2.05, 4.69) is 26.0 Å². The highest BCUT2D eigenvalue weighted by Crippen LogP contribution is 2.31. The van der Waals surface area contributed by atoms with Crippen molar-refractivity contribution in [2.45, 2.75) is 13.8 Å². The fraction of sp³-hybridized carbons (Fsp3) is 0.211. The summed E-state index contributed by atoms with van der Waals surface area (Å²) in [6, 6.07) is 11.4. The topological polar surface area (TPSA) is 35.5 Å². The highest BCUT2D eigenvalue weighted by Gasteiger charge is 2.13. The molecule has 0 saturated heterocycles. The van der Waals surface area contributed by atoms with Crippen LogP contribution in [0.3, 0.4) is 0 Å². The van der Waals surface area contributed by atoms with Crippen molar-refractivity contribution in [3.8, 4) is 11.5 Å². The Morgan fingerprint density at radius 3 is 2.50 bits per heavy atom. The van der Waals surface area contributed by atoms with E-state index in [1.165, 1.54) is 11.1 Å². The van der Waals surface area contributed by atoms with Crippen molar-refractivity contribution in [1.82, 2.24) is 0 Å². The summed E-state index contributed by atoms with van der Waals surface area (Å²) in [6.45, 7) is 5.20. The van der Waals surface area contributed by atoms with Gasteiger partial charge in [-0.2, -0.15) is 0 Å². The summed E-state index contributed by atoms with van der Waals surface area (Å²) in [7, 11) is 0. The molecule has 0 unspecified atom stereocenters. The first-order valence-electron chi connectivity index (χ1n) is 7.33. The Hall–Kier alpha value is -2.55. The van der Waals surface area contributed by atoms with Crippen LogP contribution in [0.5, 0.6) is 11.5 Å². The number of hydrogen-bond donors (Lipinski definition) is 0. The van der Waals surface area contributed by atoms with E-state index in [1.807, 2.05) is 12.1 Å². The molecule has 0 saturated carbocycles. The monoisotopic (exact) mass is 294 g/mol. The van der Waals surface area contributed by atoms with E-state index < -0.39 is 0 Å². The minimum absolute atomic E-state index is 0.0461. The lowest BCUT2D eigenvalue weighted by molar-refractivity contribution is 0.104. The lowest BCUT2D eigenvalue weighted by Gasteiger charge is -2.18. The van der Waals surface area contributed by atoms with E-state index in [1.54, 1.807) is 24.3 Å². The summed E-state index contributed by atoms with van der Waals surface area (Å²) in [5, 5.41) is 0. The highest BCUT2D eigenvalue weighted by molar-refractivity contribution is 6.07. The van der Waals surface area contributed by atoms with Crippen molar-refractivity contribution in [1.29, 1.82) is 0 Å². The van der Waals surface area contributed by atoms with Crippen molar-refractivity contribution in [3.05, 3.63) is 64.7 Å². The summed E-state index contributed by atoms with van der Waals surface area (Å²) >= 11 is 0. The van der Waals surface area contributed by atoms with E-state index in [0.29, 0.717) is 30.3 Å². The van der Waals surface area contributed by atoms with E-state index in [-0.39, 0.29) is 5.78 Å². The molecule has 0 amide bonds. The van der Waals surface area contributed by atoms with Gasteiger partial charge in [0.1, 0.15) is 13.2 Å². The Balaban J connectivity index is 1.79. The molecule has 1 heterocycles. The molecule has 0 spiro atoms. The Kier molecular flexibility index (Phi) is 3.96. The molecule has 3 heteroatoms. The molecule has 0 fully saturated rings. The Morgan fingerprint density at radius 1 is 0.955 bits per heavy atom. The second kappa shape index (κ2) is 6.06. The molecule has 0 aliphatic carbocycles. The molecular formula is C19H18O3. The SMILES string of the molecule is Cc1ccc(/C=C/C(=O)c2ccc3c(c2)OCCO3)cc1C. The van der Waals surface area contributed by atoms with Gasteiger partial charge >= 0.3 is 0 Å². The van der Waals surface area contributed by atoms with E-state index >= 15 is 0 Å². The first-order chi connectivity index (χ1) is 10.6. The van der Waals surface area contributed by atoms with Gasteiger partial charge in [-0.05, 0) is 54.8 Å². The summed E-state index contributed by atoms with van der Waals surface area (Å²) in [5.74, 6) is 1.29. The van der Waals surface area contributed by atoms with Gasteiger partial charge in [-0.3, -0.25) is 4.79 Å². The van der Waals surface area contributed by atoms with Crippen LogP contribution < -0.4 is 9.47 Å². The van der Waals surface area contributed by atoms with Crippen LogP contribution in [-0.4, -0.2) is 19.0 Å². The predicted octanol–water partition coefficient (Wildman–Crippen LogP) is 3.97. The van der Waals surface area contributed by atoms with Crippen LogP contribution in [0.15, 0.2) is 42.5 Å². The molecule has 1 aliphatic heterocycles. The third-order valence-electron chi connectivity index (χ3n) is 3.78. The third-order valence-corrected chi connectivity index (χ3v) is 3.78. The zero-order valence-corrected chi connectivity index (χ0v) is 12.8. The molecule has 2 aromatic carbocycles. The van der Waals surface area contributed by atoms with Crippen LogP contribution in [0, 0.1) is 13.8 Å². The normalized spacial score (nSPS) is 13.4. The number of ether oxygens (including phenoxy) is 2. The summed E-state index contributed by atoms with van der Waals surface area (Å²) in [6.07, 6.45) is 3.43. The predicted molar refractivity (Wildman–Crippen MR) is 86.7 cm³/mol. The van der Waals surface area contributed by atoms with Crippen LogP contribution in [0.4, 0.5) is 0 Å². The fourth-order valence-corrected chi connectivity index (χ4v) is 2.33. The molecule has 3 rings (SSSR count). The van der Waals surface area contributed by atoms with Gasteiger partial charge in [0.25, 0.3) is 0 Å². The van der Waals surface area contributed by atoms with E-state index in [0.717, 1.165) is 5.56 Å². The van der Waals surface area contributed by atoms with Gasteiger partial charge in [-0.15, -0.1) is 0 Å². The standard InChI is InChI=1S/C19H18O3/c1-13-3-4-15(11-14(13)2)5-7-17(20)16-6-8-18-19(12-16)22-10-9-21-18/h3-8,11-12H,9-10H2,1-2H3/b7-5+. The number of carbonyl (C=O) groups excluding carboxylic acids is 1. The maximum absolute atomic E-state index is 12.3. The Bertz CT molecular complexity index is 744. The molecule has 112 valence electrons. The minimum Gasteiger partial charge on any atom is -0.486 e. The third kappa shape index (κ3) is 3.03. The zero-order chi connectivity index (χ0) is 15.5. The second-order valence-corrected chi connectivity index (χ2v) is 5.40. The maximum Gasteiger partial charge on any atom is 0.185 e. The fourth-order valence-electron chi connectivity index (χ4n) is 2.33. The number of benzene rings is 2. The molecule has 0 N–H and O–H groups in total. The first-order valence-corrected chi connectivity index (χ1v) is 7.33. The highest BCUT2D eigenvalue weighted by atomic mass is 16.6. The van der Waals surface area contributed by atoms with Crippen LogP contribution >= 0.6 is 0 Å². The van der Waals surface area contributed by atoms with Crippen LogP contribution in [0.2, 0.25) is 0 Å². The number of carbonyl (C=O) groups is 1. The molecule has 1 aliphatic rings. The Morgan fingerprint density at radius 2 is 1.73 bits per heavy atom. The summed E-state index contributed by atoms with van der Waals surface area (Å²) in [4.78, 5) is 12.3. The Labute approximate surface area is 130 Å². The van der Waals surface area contributed by atoms with Crippen molar-refractivity contribution in [2.75, 3.05) is 13.2 Å². The number of rotatable bonds is 3. The molecule has 3 nitrogen and oxygen atoms in total. The quantitative estimate of drug-likeness (QED) is 0.634. The number of fused-ring (bicyclic) bond motifs is 1. The van der Waals surface area contributed by atoms with Gasteiger partial charge in [0, 0.05) is 5.56 Å². The molecular weight excluding hydrogens is 276 g/mol. The number of ketones is 1. The molecule has 2 aromatic rings. The lowest BCUT2D eigenvalue weighted by atomic mass is 10.0. The maximum atomic E-state index is 12.3. The molecule has 22 heavy (non-hydrogen) atoms. The van der Waals surface area contributed by atoms with Crippen molar-refractivity contribution >= 4 is 11.9 Å². The van der Waals surface area contributed by atoms with Crippen LogP contribution in [-0.2, 0) is 0 Å². The van der Waals surface area contributed by atoms with E-state index in [9.17, 15) is 4.79 Å². The molecule has 0 aromatic heterocycles. The summed E-state index contributed by atoms with van der Waals surface area (Å²) < 4.78 is 11.0. The minimum atomic E-state index is -0.0461. The number of allylic oxidation sites excluding steroid dienone is 1. The molecule has 0 atom stereocenters. The van der Waals surface area contributed by atoms with Crippen molar-refractivity contribution in [2.24, 2.45) is 0 Å². The first kappa shape index (κ1) is 14.4. The van der Waals surface area contributed by atoms with Gasteiger partial charge < -0.3 is 9.47 Å². The second-order valence-electron chi connectivity index (χ2n) is 5.40. The van der Waals surface area contributed by atoms with Gasteiger partial charge in [-0.1, -0.05) is 24.3 Å². The van der Waals surface area contributed by atoms with Gasteiger partial charge in [0.05, 0.1) is 0 Å². The number of aryl methyl sites for hydroxylation is 2. The smallest absolute Gasteiger partial charge is 0.185 e. The largest absolute Gasteiger partial charge is 0.486 e. The van der Waals surface area contributed by atoms with Crippen molar-refractivity contribution in [3.63, 3.8) is 0 Å². The average molecular weight is 294 g/mol. The lowest BCUT2D eigenvalue weighted by Crippen LogP contribution is -2.15. The average Bonchev–Trinajstić information content (AvgIpc) is 2.55. The summed E-state index contributed by atoms with van der Waals surface area (Å²) in [5.41, 5.74) is 4.09. The van der Waals surface area contributed by atoms with Crippen molar-refractivity contribution < 1.29 is 14.3 Å². The van der Waals surface area contributed by atoms with Crippen LogP contribution in [0.25, 0.3) is 6.08 Å². The number of hydrogen-bond acceptors (Lipinski definition) is 3. The van der Waals surface area contributed by atoms with Crippen LogP contribution in [0.1, 0.15) is 27.0 Å².